The monoisotopic (exact) mass is 354 g/mol. The average Bonchev–Trinajstić information content (AvgIpc) is 2.60. The summed E-state index contributed by atoms with van der Waals surface area (Å²) in [5, 5.41) is 12.5. The molecule has 1 aliphatic heterocycles. The number of nitrogens with zero attached hydrogens (tertiary/aromatic N) is 1. The molecular weight excluding hydrogens is 340 g/mol. The number of carbonyl (C=O) groups is 2. The van der Waals surface area contributed by atoms with Crippen LogP contribution in [0.5, 0.6) is 0 Å². The highest BCUT2D eigenvalue weighted by atomic mass is 35.5. The molecular formula is C19H15ClN2O3. The molecule has 0 aromatic heterocycles. The van der Waals surface area contributed by atoms with Crippen LogP contribution in [0.15, 0.2) is 42.5 Å². The molecule has 0 saturated carbocycles. The Morgan fingerprint density at radius 3 is 2.80 bits per heavy atom. The van der Waals surface area contributed by atoms with E-state index in [1.54, 1.807) is 36.4 Å². The minimum atomic E-state index is -0.651. The predicted octanol–water partition coefficient (Wildman–Crippen LogP) is 2.98. The van der Waals surface area contributed by atoms with Crippen LogP contribution in [0.25, 0.3) is 6.08 Å². The van der Waals surface area contributed by atoms with Crippen molar-refractivity contribution in [3.8, 4) is 0 Å². The van der Waals surface area contributed by atoms with Gasteiger partial charge in [-0.05, 0) is 35.9 Å². The van der Waals surface area contributed by atoms with Gasteiger partial charge in [-0.2, -0.15) is 0 Å². The van der Waals surface area contributed by atoms with Gasteiger partial charge < -0.3 is 10.4 Å². The molecule has 2 bridgehead atoms. The van der Waals surface area contributed by atoms with Crippen molar-refractivity contribution in [3.05, 3.63) is 64.2 Å². The molecule has 6 heteroatoms. The summed E-state index contributed by atoms with van der Waals surface area (Å²) in [6, 6.07) is 9.75. The van der Waals surface area contributed by atoms with E-state index in [0.717, 1.165) is 5.56 Å². The molecule has 2 aromatic carbocycles. The van der Waals surface area contributed by atoms with Crippen LogP contribution < -0.4 is 10.2 Å². The number of aliphatic hydroxyl groups excluding tert-OH is 1. The fraction of sp³-hybridized carbons (Fsp3) is 0.158. The Labute approximate surface area is 149 Å². The number of fused-ring (bicyclic) bond motifs is 1. The zero-order valence-electron chi connectivity index (χ0n) is 13.2. The van der Waals surface area contributed by atoms with Crippen LogP contribution in [0.3, 0.4) is 0 Å². The molecule has 0 fully saturated rings. The van der Waals surface area contributed by atoms with Gasteiger partial charge in [0.05, 0.1) is 12.2 Å². The molecule has 2 aliphatic rings. The largest absolute Gasteiger partial charge is 0.395 e. The van der Waals surface area contributed by atoms with Crippen molar-refractivity contribution in [1.82, 2.24) is 0 Å². The Hall–Kier alpha value is -2.63. The second-order valence-corrected chi connectivity index (χ2v) is 6.40. The fourth-order valence-electron chi connectivity index (χ4n) is 3.34. The Kier molecular flexibility index (Phi) is 3.82. The maximum atomic E-state index is 13.1. The van der Waals surface area contributed by atoms with E-state index in [1.807, 2.05) is 12.1 Å². The molecule has 1 heterocycles. The molecule has 25 heavy (non-hydrogen) atoms. The molecule has 2 N–H and O–H groups in total. The zero-order valence-corrected chi connectivity index (χ0v) is 14.0. The Balaban J connectivity index is 1.86. The molecule has 1 aliphatic carbocycles. The number of rotatable bonds is 4. The molecule has 5 nitrogen and oxygen atoms in total. The number of ketones is 1. The summed E-state index contributed by atoms with van der Waals surface area (Å²) in [5.74, 6) is -0.333. The number of carbonyl (C=O) groups excluding carboxylic acids is 2. The number of hydrogen-bond donors (Lipinski definition) is 2. The Bertz CT molecular complexity index is 923. The summed E-state index contributed by atoms with van der Waals surface area (Å²) < 4.78 is 0. The van der Waals surface area contributed by atoms with Crippen LogP contribution in [0.2, 0.25) is 5.02 Å². The number of hydrogen-bond acceptors (Lipinski definition) is 4. The molecule has 0 radical (unpaired) electrons. The number of halogens is 1. The molecule has 0 spiro atoms. The van der Waals surface area contributed by atoms with Gasteiger partial charge in [-0.25, -0.2) is 0 Å². The second-order valence-electron chi connectivity index (χ2n) is 5.96. The van der Waals surface area contributed by atoms with Crippen LogP contribution in [0.1, 0.15) is 26.3 Å². The van der Waals surface area contributed by atoms with Crippen LogP contribution in [0, 0.1) is 0 Å². The van der Waals surface area contributed by atoms with E-state index in [1.165, 1.54) is 4.90 Å². The van der Waals surface area contributed by atoms with E-state index in [-0.39, 0.29) is 18.3 Å². The van der Waals surface area contributed by atoms with Crippen molar-refractivity contribution >= 4 is 40.7 Å². The highest BCUT2D eigenvalue weighted by Crippen LogP contribution is 2.37. The van der Waals surface area contributed by atoms with Crippen LogP contribution in [-0.4, -0.2) is 36.0 Å². The minimum Gasteiger partial charge on any atom is -0.395 e. The van der Waals surface area contributed by atoms with Gasteiger partial charge in [0, 0.05) is 28.5 Å². The van der Waals surface area contributed by atoms with Gasteiger partial charge >= 0.3 is 0 Å². The normalized spacial score (nSPS) is 17.8. The van der Waals surface area contributed by atoms with Crippen molar-refractivity contribution < 1.29 is 14.7 Å². The number of aliphatic hydroxyl groups is 1. The van der Waals surface area contributed by atoms with Crippen molar-refractivity contribution in [2.24, 2.45) is 0 Å². The summed E-state index contributed by atoms with van der Waals surface area (Å²) in [7, 11) is 0. The first-order valence-corrected chi connectivity index (χ1v) is 8.32. The maximum Gasteiger partial charge on any atom is 0.260 e. The standard InChI is InChI=1S/C19H15ClN2O3/c20-12-2-1-3-14(9-12)22-16-5-4-11-8-13(21-6-7-23)10-15(19(22)25)17(11)18(16)24/h1-5,8-10,16,21,23H,6-7H2. The molecule has 1 unspecified atom stereocenters. The molecule has 4 rings (SSSR count). The summed E-state index contributed by atoms with van der Waals surface area (Å²) >= 11 is 6.06. The smallest absolute Gasteiger partial charge is 0.260 e. The van der Waals surface area contributed by atoms with Gasteiger partial charge in [0.25, 0.3) is 5.91 Å². The SMILES string of the molecule is O=C1c2c3cc(NCCO)cc2C(=O)N(c2cccc(Cl)c2)C1C=C3. The minimum absolute atomic E-state index is 0.0220. The van der Waals surface area contributed by atoms with Gasteiger partial charge in [0.15, 0.2) is 5.78 Å². The van der Waals surface area contributed by atoms with E-state index < -0.39 is 6.04 Å². The lowest BCUT2D eigenvalue weighted by Crippen LogP contribution is -2.50. The lowest BCUT2D eigenvalue weighted by molar-refractivity contribution is 0.0885. The highest BCUT2D eigenvalue weighted by molar-refractivity contribution is 6.31. The third-order valence-electron chi connectivity index (χ3n) is 4.40. The lowest BCUT2D eigenvalue weighted by atomic mass is 9.83. The molecule has 1 atom stereocenters. The van der Waals surface area contributed by atoms with E-state index >= 15 is 0 Å². The number of amides is 1. The number of Topliss-reactive ketones (excluding diaryl/α,β-unsaturated/α-hetero) is 1. The third kappa shape index (κ3) is 2.52. The van der Waals surface area contributed by atoms with Gasteiger partial charge in [-0.1, -0.05) is 29.8 Å². The molecule has 2 aromatic rings. The first-order valence-electron chi connectivity index (χ1n) is 7.94. The number of benzene rings is 2. The van der Waals surface area contributed by atoms with Crippen LogP contribution >= 0.6 is 11.6 Å². The van der Waals surface area contributed by atoms with E-state index in [0.29, 0.717) is 34.1 Å². The van der Waals surface area contributed by atoms with Crippen LogP contribution in [-0.2, 0) is 0 Å². The van der Waals surface area contributed by atoms with Crippen molar-refractivity contribution in [2.45, 2.75) is 6.04 Å². The van der Waals surface area contributed by atoms with E-state index in [2.05, 4.69) is 5.32 Å². The summed E-state index contributed by atoms with van der Waals surface area (Å²) in [5.41, 5.74) is 2.83. The van der Waals surface area contributed by atoms with Crippen LogP contribution in [0.4, 0.5) is 11.4 Å². The lowest BCUT2D eigenvalue weighted by Gasteiger charge is -2.37. The molecule has 0 saturated heterocycles. The van der Waals surface area contributed by atoms with Gasteiger partial charge in [-0.3, -0.25) is 14.5 Å². The molecule has 126 valence electrons. The van der Waals surface area contributed by atoms with Gasteiger partial charge in [-0.15, -0.1) is 0 Å². The Morgan fingerprint density at radius 2 is 2.04 bits per heavy atom. The Morgan fingerprint density at radius 1 is 1.20 bits per heavy atom. The van der Waals surface area contributed by atoms with Crippen molar-refractivity contribution in [2.75, 3.05) is 23.4 Å². The highest BCUT2D eigenvalue weighted by Gasteiger charge is 2.41. The molecule has 1 amide bonds. The fourth-order valence-corrected chi connectivity index (χ4v) is 3.52. The topological polar surface area (TPSA) is 69.6 Å². The van der Waals surface area contributed by atoms with Gasteiger partial charge in [0.2, 0.25) is 0 Å². The average molecular weight is 355 g/mol. The van der Waals surface area contributed by atoms with Gasteiger partial charge in [0.1, 0.15) is 6.04 Å². The second kappa shape index (κ2) is 6.02. The quantitative estimate of drug-likeness (QED) is 0.885. The summed E-state index contributed by atoms with van der Waals surface area (Å²) in [6.45, 7) is 0.344. The first-order chi connectivity index (χ1) is 12.1. The van der Waals surface area contributed by atoms with E-state index in [9.17, 15) is 9.59 Å². The summed E-state index contributed by atoms with van der Waals surface area (Å²) in [6.07, 6.45) is 3.60. The van der Waals surface area contributed by atoms with Crippen molar-refractivity contribution in [1.29, 1.82) is 0 Å². The predicted molar refractivity (Wildman–Crippen MR) is 97.4 cm³/mol. The summed E-state index contributed by atoms with van der Waals surface area (Å²) in [4.78, 5) is 27.5. The zero-order chi connectivity index (χ0) is 17.6. The number of anilines is 2. The van der Waals surface area contributed by atoms with E-state index in [4.69, 9.17) is 16.7 Å². The number of nitrogens with one attached hydrogen (secondary N) is 1. The van der Waals surface area contributed by atoms with Crippen molar-refractivity contribution in [3.63, 3.8) is 0 Å². The maximum absolute atomic E-state index is 13.1. The first kappa shape index (κ1) is 15.9. The third-order valence-corrected chi connectivity index (χ3v) is 4.63.